The van der Waals surface area contributed by atoms with Gasteiger partial charge in [-0.1, -0.05) is 12.1 Å². The van der Waals surface area contributed by atoms with Gasteiger partial charge in [-0.25, -0.2) is 0 Å². The predicted molar refractivity (Wildman–Crippen MR) is 61.9 cm³/mol. The molecule has 3 aromatic rings. The van der Waals surface area contributed by atoms with Crippen LogP contribution in [0.5, 0.6) is 0 Å². The number of nitrogens with one attached hydrogen (secondary N) is 1. The maximum absolute atomic E-state index is 10.9. The first-order chi connectivity index (χ1) is 8.27. The van der Waals surface area contributed by atoms with Crippen LogP contribution in [0, 0.1) is 10.1 Å². The fourth-order valence-electron chi connectivity index (χ4n) is 1.85. The molecule has 0 radical (unpaired) electrons. The Morgan fingerprint density at radius 2 is 2.06 bits per heavy atom. The molecule has 0 amide bonds. The number of aromatic amines is 1. The van der Waals surface area contributed by atoms with Crippen LogP contribution in [0.25, 0.3) is 22.3 Å². The summed E-state index contributed by atoms with van der Waals surface area (Å²) in [6.45, 7) is 0. The fraction of sp³-hybridized carbons (Fsp3) is 0. The molecule has 0 aliphatic heterocycles. The van der Waals surface area contributed by atoms with Crippen LogP contribution >= 0.6 is 0 Å². The second-order valence-electron chi connectivity index (χ2n) is 3.58. The van der Waals surface area contributed by atoms with E-state index in [1.54, 1.807) is 18.3 Å². The molecule has 0 atom stereocenters. The SMILES string of the molecule is O=[N+]([O-])n1nc(-c2ccc[nH]2)c2ccccc21. The minimum Gasteiger partial charge on any atom is -0.358 e. The second-order valence-corrected chi connectivity index (χ2v) is 3.58. The third kappa shape index (κ3) is 1.38. The molecule has 0 spiro atoms. The Balaban J connectivity index is 2.37. The molecule has 84 valence electrons. The number of hydrogen-bond acceptors (Lipinski definition) is 3. The predicted octanol–water partition coefficient (Wildman–Crippen LogP) is 2.07. The highest BCUT2D eigenvalue weighted by Crippen LogP contribution is 2.26. The number of para-hydroxylation sites is 1. The van der Waals surface area contributed by atoms with Crippen LogP contribution in [0.15, 0.2) is 42.6 Å². The Kier molecular flexibility index (Phi) is 1.94. The van der Waals surface area contributed by atoms with Crippen LogP contribution in [0.4, 0.5) is 0 Å². The lowest BCUT2D eigenvalue weighted by atomic mass is 10.2. The first-order valence-electron chi connectivity index (χ1n) is 5.03. The molecule has 6 nitrogen and oxygen atoms in total. The Morgan fingerprint density at radius 3 is 2.76 bits per heavy atom. The van der Waals surface area contributed by atoms with E-state index in [0.29, 0.717) is 11.2 Å². The highest BCUT2D eigenvalue weighted by molar-refractivity contribution is 5.92. The van der Waals surface area contributed by atoms with Gasteiger partial charge in [-0.15, -0.1) is 0 Å². The molecule has 6 heteroatoms. The third-order valence-electron chi connectivity index (χ3n) is 2.58. The van der Waals surface area contributed by atoms with Crippen LogP contribution < -0.4 is 0 Å². The molecule has 0 bridgehead atoms. The first-order valence-corrected chi connectivity index (χ1v) is 5.03. The average molecular weight is 228 g/mol. The zero-order valence-corrected chi connectivity index (χ0v) is 8.70. The molecule has 0 saturated heterocycles. The maximum Gasteiger partial charge on any atom is 0.234 e. The van der Waals surface area contributed by atoms with Crippen molar-refractivity contribution >= 4 is 10.9 Å². The van der Waals surface area contributed by atoms with Crippen molar-refractivity contribution in [2.75, 3.05) is 0 Å². The second kappa shape index (κ2) is 3.44. The summed E-state index contributed by atoms with van der Waals surface area (Å²) >= 11 is 0. The summed E-state index contributed by atoms with van der Waals surface area (Å²) in [7, 11) is 0. The third-order valence-corrected chi connectivity index (χ3v) is 2.58. The lowest BCUT2D eigenvalue weighted by Gasteiger charge is -1.91. The van der Waals surface area contributed by atoms with Crippen molar-refractivity contribution in [3.05, 3.63) is 52.7 Å². The lowest BCUT2D eigenvalue weighted by Crippen LogP contribution is -2.09. The number of nitro groups is 1. The van der Waals surface area contributed by atoms with Crippen molar-refractivity contribution in [2.24, 2.45) is 0 Å². The largest absolute Gasteiger partial charge is 0.358 e. The van der Waals surface area contributed by atoms with E-state index >= 15 is 0 Å². The minimum absolute atomic E-state index is 0.488. The molecule has 0 aliphatic rings. The summed E-state index contributed by atoms with van der Waals surface area (Å²) in [5.41, 5.74) is 1.84. The Morgan fingerprint density at radius 1 is 1.24 bits per heavy atom. The molecular weight excluding hydrogens is 220 g/mol. The molecule has 3 rings (SSSR count). The van der Waals surface area contributed by atoms with Gasteiger partial charge in [0.15, 0.2) is 0 Å². The van der Waals surface area contributed by atoms with E-state index in [1.165, 1.54) is 0 Å². The Labute approximate surface area is 95.6 Å². The van der Waals surface area contributed by atoms with Gasteiger partial charge in [0.2, 0.25) is 5.69 Å². The molecule has 0 saturated carbocycles. The Bertz CT molecular complexity index is 685. The molecular formula is C11H8N4O2. The van der Waals surface area contributed by atoms with Gasteiger partial charge in [-0.2, -0.15) is 0 Å². The van der Waals surface area contributed by atoms with E-state index in [9.17, 15) is 10.1 Å². The summed E-state index contributed by atoms with van der Waals surface area (Å²) < 4.78 is 0. The highest BCUT2D eigenvalue weighted by Gasteiger charge is 2.20. The molecule has 0 unspecified atom stereocenters. The van der Waals surface area contributed by atoms with Crippen molar-refractivity contribution in [1.29, 1.82) is 0 Å². The number of benzene rings is 1. The van der Waals surface area contributed by atoms with Crippen LogP contribution in [0.2, 0.25) is 0 Å². The van der Waals surface area contributed by atoms with Gasteiger partial charge in [-0.05, 0) is 24.3 Å². The molecule has 1 N–H and O–H groups in total. The van der Waals surface area contributed by atoms with Crippen molar-refractivity contribution in [3.8, 4) is 11.4 Å². The summed E-state index contributed by atoms with van der Waals surface area (Å²) in [4.78, 5) is 14.7. The molecule has 0 fully saturated rings. The Hall–Kier alpha value is -2.63. The summed E-state index contributed by atoms with van der Waals surface area (Å²) in [5, 5.41) is 15.1. The monoisotopic (exact) mass is 228 g/mol. The van der Waals surface area contributed by atoms with Gasteiger partial charge < -0.3 is 15.1 Å². The van der Waals surface area contributed by atoms with Crippen LogP contribution in [0.3, 0.4) is 0 Å². The van der Waals surface area contributed by atoms with E-state index < -0.39 is 5.03 Å². The van der Waals surface area contributed by atoms with E-state index in [-0.39, 0.29) is 0 Å². The van der Waals surface area contributed by atoms with Crippen LogP contribution in [-0.4, -0.2) is 19.9 Å². The molecule has 2 aromatic heterocycles. The number of rotatable bonds is 2. The zero-order valence-electron chi connectivity index (χ0n) is 8.70. The van der Waals surface area contributed by atoms with E-state index in [1.807, 2.05) is 24.3 Å². The molecule has 17 heavy (non-hydrogen) atoms. The number of fused-ring (bicyclic) bond motifs is 1. The fourth-order valence-corrected chi connectivity index (χ4v) is 1.85. The smallest absolute Gasteiger partial charge is 0.234 e. The van der Waals surface area contributed by atoms with Gasteiger partial charge in [0.05, 0.1) is 21.2 Å². The van der Waals surface area contributed by atoms with Gasteiger partial charge in [0, 0.05) is 11.0 Å². The lowest BCUT2D eigenvalue weighted by molar-refractivity contribution is -0.548. The molecule has 2 heterocycles. The average Bonchev–Trinajstić information content (AvgIpc) is 2.95. The molecule has 0 aliphatic carbocycles. The summed E-state index contributed by atoms with van der Waals surface area (Å²) in [6, 6.07) is 10.7. The van der Waals surface area contributed by atoms with E-state index in [0.717, 1.165) is 15.9 Å². The standard InChI is InChI=1S/C11H8N4O2/c16-15(17)14-10-6-2-1-4-8(10)11(13-14)9-5-3-7-12-9/h1-7,12H. The first kappa shape index (κ1) is 9.59. The number of aromatic nitrogens is 3. The van der Waals surface area contributed by atoms with Gasteiger partial charge in [0.1, 0.15) is 5.52 Å². The van der Waals surface area contributed by atoms with Crippen molar-refractivity contribution in [3.63, 3.8) is 0 Å². The molecule has 1 aromatic carbocycles. The highest BCUT2D eigenvalue weighted by atomic mass is 16.7. The topological polar surface area (TPSA) is 76.8 Å². The number of nitrogens with zero attached hydrogens (tertiary/aromatic N) is 3. The van der Waals surface area contributed by atoms with E-state index in [2.05, 4.69) is 10.1 Å². The summed E-state index contributed by atoms with van der Waals surface area (Å²) in [5.74, 6) is 0. The number of H-pyrrole nitrogens is 1. The zero-order chi connectivity index (χ0) is 11.8. The quantitative estimate of drug-likeness (QED) is 0.538. The maximum atomic E-state index is 10.9. The summed E-state index contributed by atoms with van der Waals surface area (Å²) in [6.07, 6.45) is 1.76. The van der Waals surface area contributed by atoms with Crippen molar-refractivity contribution < 1.29 is 5.03 Å². The number of hydrogen-bond donors (Lipinski definition) is 1. The van der Waals surface area contributed by atoms with Crippen LogP contribution in [0.1, 0.15) is 0 Å². The van der Waals surface area contributed by atoms with Crippen molar-refractivity contribution in [2.45, 2.75) is 0 Å². The van der Waals surface area contributed by atoms with Gasteiger partial charge in [0.25, 0.3) is 0 Å². The van der Waals surface area contributed by atoms with Gasteiger partial charge >= 0.3 is 0 Å². The van der Waals surface area contributed by atoms with Crippen molar-refractivity contribution in [1.82, 2.24) is 14.9 Å². The minimum atomic E-state index is -0.533. The van der Waals surface area contributed by atoms with E-state index in [4.69, 9.17) is 0 Å². The van der Waals surface area contributed by atoms with Gasteiger partial charge in [-0.3, -0.25) is 0 Å². The van der Waals surface area contributed by atoms with Crippen LogP contribution in [-0.2, 0) is 0 Å². The normalized spacial score (nSPS) is 10.8.